The van der Waals surface area contributed by atoms with Crippen molar-refractivity contribution in [3.05, 3.63) is 66.7 Å². The first kappa shape index (κ1) is 13.2. The molecule has 3 aromatic carbocycles. The van der Waals surface area contributed by atoms with Crippen LogP contribution in [-0.4, -0.2) is 4.98 Å². The quantitative estimate of drug-likeness (QED) is 0.363. The predicted octanol–water partition coefficient (Wildman–Crippen LogP) is 6.22. The molecule has 0 N–H and O–H groups in total. The van der Waals surface area contributed by atoms with Crippen molar-refractivity contribution < 1.29 is 4.74 Å². The van der Waals surface area contributed by atoms with Gasteiger partial charge in [0.05, 0.1) is 20.0 Å². The first-order valence-corrected chi connectivity index (χ1v) is 8.95. The second-order valence-electron chi connectivity index (χ2n) is 5.30. The zero-order valence-corrected chi connectivity index (χ0v) is 13.7. The van der Waals surface area contributed by atoms with Crippen LogP contribution in [0.3, 0.4) is 0 Å². The predicted molar refractivity (Wildman–Crippen MR) is 95.7 cm³/mol. The lowest BCUT2D eigenvalue weighted by Crippen LogP contribution is -1.94. The number of ether oxygens (including phenoxy) is 1. The molecule has 0 spiro atoms. The van der Waals surface area contributed by atoms with E-state index < -0.39 is 0 Å². The van der Waals surface area contributed by atoms with Crippen molar-refractivity contribution in [3.63, 3.8) is 0 Å². The lowest BCUT2D eigenvalue weighted by Gasteiger charge is -2.18. The summed E-state index contributed by atoms with van der Waals surface area (Å²) in [4.78, 5) is 7.07. The Balaban J connectivity index is 1.64. The van der Waals surface area contributed by atoms with E-state index in [1.54, 1.807) is 23.1 Å². The first-order chi connectivity index (χ1) is 11.4. The van der Waals surface area contributed by atoms with E-state index in [9.17, 15) is 0 Å². The van der Waals surface area contributed by atoms with Crippen LogP contribution in [0.2, 0.25) is 0 Å². The maximum absolute atomic E-state index is 6.06. The molecule has 1 aliphatic heterocycles. The van der Waals surface area contributed by atoms with Crippen LogP contribution in [-0.2, 0) is 0 Å². The lowest BCUT2D eigenvalue weighted by molar-refractivity contribution is 0.455. The Labute approximate surface area is 141 Å². The summed E-state index contributed by atoms with van der Waals surface area (Å²) in [6.45, 7) is 0. The van der Waals surface area contributed by atoms with Crippen molar-refractivity contribution in [1.82, 2.24) is 4.98 Å². The largest absolute Gasteiger partial charge is 0.455 e. The highest BCUT2D eigenvalue weighted by Gasteiger charge is 2.19. The molecule has 4 aromatic rings. The number of fused-ring (bicyclic) bond motifs is 3. The summed E-state index contributed by atoms with van der Waals surface area (Å²) >= 11 is 3.45. The van der Waals surface area contributed by atoms with Crippen LogP contribution in [0, 0.1) is 0 Å². The molecule has 0 saturated carbocycles. The van der Waals surface area contributed by atoms with E-state index >= 15 is 0 Å². The number of hydrogen-bond donors (Lipinski definition) is 0. The van der Waals surface area contributed by atoms with Gasteiger partial charge in [0.1, 0.15) is 16.5 Å². The maximum atomic E-state index is 6.06. The average Bonchev–Trinajstić information content (AvgIpc) is 3.01. The van der Waals surface area contributed by atoms with E-state index in [1.807, 2.05) is 36.4 Å². The summed E-state index contributed by atoms with van der Waals surface area (Å²) in [6, 6.07) is 22.7. The molecule has 0 saturated heterocycles. The van der Waals surface area contributed by atoms with Crippen molar-refractivity contribution in [1.29, 1.82) is 0 Å². The Bertz CT molecular complexity index is 962. The Kier molecular flexibility index (Phi) is 2.93. The van der Waals surface area contributed by atoms with Crippen LogP contribution in [0.25, 0.3) is 20.8 Å². The monoisotopic (exact) mass is 333 g/mol. The van der Waals surface area contributed by atoms with Gasteiger partial charge in [0.25, 0.3) is 0 Å². The molecule has 1 aliphatic rings. The number of para-hydroxylation sites is 1. The second-order valence-corrected chi connectivity index (χ2v) is 7.42. The van der Waals surface area contributed by atoms with Crippen molar-refractivity contribution in [3.8, 4) is 22.1 Å². The molecule has 0 aliphatic carbocycles. The summed E-state index contributed by atoms with van der Waals surface area (Å²) < 4.78 is 7.21. The first-order valence-electron chi connectivity index (χ1n) is 7.31. The lowest BCUT2D eigenvalue weighted by atomic mass is 10.2. The zero-order chi connectivity index (χ0) is 15.2. The fraction of sp³-hybridized carbons (Fsp3) is 0. The number of nitrogens with zero attached hydrogens (tertiary/aromatic N) is 1. The molecule has 0 amide bonds. The molecule has 0 fully saturated rings. The normalized spacial score (nSPS) is 12.5. The minimum absolute atomic E-state index is 0.921. The Morgan fingerprint density at radius 1 is 0.783 bits per heavy atom. The fourth-order valence-electron chi connectivity index (χ4n) is 2.66. The molecule has 0 atom stereocenters. The zero-order valence-electron chi connectivity index (χ0n) is 12.0. The maximum Gasteiger partial charge on any atom is 0.142 e. The summed E-state index contributed by atoms with van der Waals surface area (Å²) in [7, 11) is 0. The van der Waals surface area contributed by atoms with Gasteiger partial charge in [-0.3, -0.25) is 0 Å². The fourth-order valence-corrected chi connectivity index (χ4v) is 4.60. The standard InChI is InChI=1S/C19H11NOS2/c1-2-6-12(7-3-1)19-20-13-10-18-15(11-17(13)23-19)21-14-8-4-5-9-16(14)22-18/h1-11H. The third kappa shape index (κ3) is 2.22. The number of rotatable bonds is 1. The highest BCUT2D eigenvalue weighted by atomic mass is 32.2. The van der Waals surface area contributed by atoms with Gasteiger partial charge in [0.2, 0.25) is 0 Å². The number of hydrogen-bond acceptors (Lipinski definition) is 4. The molecule has 0 unspecified atom stereocenters. The van der Waals surface area contributed by atoms with E-state index in [4.69, 9.17) is 9.72 Å². The van der Waals surface area contributed by atoms with Gasteiger partial charge in [-0.25, -0.2) is 4.98 Å². The minimum atomic E-state index is 0.921. The van der Waals surface area contributed by atoms with Crippen LogP contribution in [0.5, 0.6) is 11.5 Å². The van der Waals surface area contributed by atoms with E-state index in [-0.39, 0.29) is 0 Å². The van der Waals surface area contributed by atoms with E-state index in [1.165, 1.54) is 0 Å². The van der Waals surface area contributed by atoms with Crippen molar-refractivity contribution in [2.75, 3.05) is 0 Å². The molecule has 23 heavy (non-hydrogen) atoms. The van der Waals surface area contributed by atoms with E-state index in [0.29, 0.717) is 0 Å². The molecule has 4 heteroatoms. The molecular formula is C19H11NOS2. The second kappa shape index (κ2) is 5.11. The molecule has 5 rings (SSSR count). The van der Waals surface area contributed by atoms with Gasteiger partial charge in [-0.15, -0.1) is 11.3 Å². The third-order valence-corrected chi connectivity index (χ3v) is 5.93. The average molecular weight is 333 g/mol. The van der Waals surface area contributed by atoms with Gasteiger partial charge in [0.15, 0.2) is 0 Å². The number of aromatic nitrogens is 1. The highest BCUT2D eigenvalue weighted by molar-refractivity contribution is 7.99. The molecular weight excluding hydrogens is 322 g/mol. The Morgan fingerprint density at radius 3 is 2.52 bits per heavy atom. The van der Waals surface area contributed by atoms with Crippen LogP contribution in [0.15, 0.2) is 76.5 Å². The summed E-state index contributed by atoms with van der Waals surface area (Å²) in [5.74, 6) is 1.85. The van der Waals surface area contributed by atoms with Gasteiger partial charge < -0.3 is 4.74 Å². The smallest absolute Gasteiger partial charge is 0.142 e. The minimum Gasteiger partial charge on any atom is -0.455 e. The van der Waals surface area contributed by atoms with Crippen LogP contribution in [0.1, 0.15) is 0 Å². The number of benzene rings is 3. The molecule has 0 radical (unpaired) electrons. The van der Waals surface area contributed by atoms with Crippen molar-refractivity contribution in [2.24, 2.45) is 0 Å². The SMILES string of the molecule is c1ccc(-c2nc3cc4c(cc3s2)Oc2ccccc2S4)cc1. The van der Waals surface area contributed by atoms with Crippen LogP contribution < -0.4 is 4.74 Å². The Hall–Kier alpha value is -2.30. The summed E-state index contributed by atoms with van der Waals surface area (Å²) in [5.41, 5.74) is 2.19. The third-order valence-electron chi connectivity index (χ3n) is 3.76. The molecule has 2 nitrogen and oxygen atoms in total. The topological polar surface area (TPSA) is 22.1 Å². The van der Waals surface area contributed by atoms with Gasteiger partial charge in [-0.05, 0) is 18.2 Å². The van der Waals surface area contributed by atoms with E-state index in [0.717, 1.165) is 42.1 Å². The summed E-state index contributed by atoms with van der Waals surface area (Å²) in [5, 5.41) is 1.05. The summed E-state index contributed by atoms with van der Waals surface area (Å²) in [6.07, 6.45) is 0. The number of thiazole rings is 1. The van der Waals surface area contributed by atoms with Gasteiger partial charge in [-0.2, -0.15) is 0 Å². The molecule has 0 bridgehead atoms. The van der Waals surface area contributed by atoms with Gasteiger partial charge in [-0.1, -0.05) is 54.2 Å². The van der Waals surface area contributed by atoms with Gasteiger partial charge >= 0.3 is 0 Å². The highest BCUT2D eigenvalue weighted by Crippen LogP contribution is 2.48. The Morgan fingerprint density at radius 2 is 1.61 bits per heavy atom. The van der Waals surface area contributed by atoms with Crippen molar-refractivity contribution in [2.45, 2.75) is 9.79 Å². The van der Waals surface area contributed by atoms with Crippen LogP contribution >= 0.6 is 23.1 Å². The van der Waals surface area contributed by atoms with Crippen molar-refractivity contribution >= 4 is 33.3 Å². The van der Waals surface area contributed by atoms with Gasteiger partial charge in [0, 0.05) is 11.6 Å². The molecule has 2 heterocycles. The molecule has 110 valence electrons. The van der Waals surface area contributed by atoms with Crippen LogP contribution in [0.4, 0.5) is 0 Å². The molecule has 1 aromatic heterocycles. The van der Waals surface area contributed by atoms with E-state index in [2.05, 4.69) is 30.3 Å².